The maximum absolute atomic E-state index is 12.5. The topological polar surface area (TPSA) is 89.4 Å². The van der Waals surface area contributed by atoms with E-state index in [1.54, 1.807) is 18.6 Å². The van der Waals surface area contributed by atoms with Crippen molar-refractivity contribution in [1.82, 2.24) is 19.7 Å². The van der Waals surface area contributed by atoms with Crippen molar-refractivity contribution >= 4 is 17.6 Å². The van der Waals surface area contributed by atoms with Gasteiger partial charge in [-0.3, -0.25) is 14.6 Å². The average Bonchev–Trinajstić information content (AvgIpc) is 3.41. The van der Waals surface area contributed by atoms with Crippen LogP contribution in [-0.2, 0) is 20.7 Å². The summed E-state index contributed by atoms with van der Waals surface area (Å²) < 4.78 is 7.18. The van der Waals surface area contributed by atoms with E-state index in [-0.39, 0.29) is 23.8 Å². The summed E-state index contributed by atoms with van der Waals surface area (Å²) >= 11 is 0. The molecule has 28 heavy (non-hydrogen) atoms. The number of rotatable bonds is 5. The molecule has 2 aliphatic heterocycles. The van der Waals surface area contributed by atoms with E-state index < -0.39 is 0 Å². The molecule has 1 atom stereocenters. The zero-order chi connectivity index (χ0) is 19.3. The smallest absolute Gasteiger partial charge is 0.231 e. The van der Waals surface area contributed by atoms with Gasteiger partial charge < -0.3 is 15.0 Å². The molecule has 0 spiro atoms. The highest BCUT2D eigenvalue weighted by atomic mass is 16.5. The van der Waals surface area contributed by atoms with Crippen molar-refractivity contribution in [3.63, 3.8) is 0 Å². The van der Waals surface area contributed by atoms with E-state index in [9.17, 15) is 9.59 Å². The number of hydrogen-bond donors (Lipinski definition) is 1. The highest BCUT2D eigenvalue weighted by molar-refractivity contribution is 5.92. The fourth-order valence-corrected chi connectivity index (χ4v) is 3.82. The molecule has 0 unspecified atom stereocenters. The third-order valence-corrected chi connectivity index (χ3v) is 5.46. The number of aromatic nitrogens is 3. The molecular weight excluding hydrogens is 358 g/mol. The van der Waals surface area contributed by atoms with Crippen LogP contribution in [0.4, 0.5) is 5.82 Å². The van der Waals surface area contributed by atoms with Crippen LogP contribution < -0.4 is 5.32 Å². The molecule has 0 bridgehead atoms. The highest BCUT2D eigenvalue weighted by Crippen LogP contribution is 2.26. The number of nitrogens with one attached hydrogen (secondary N) is 1. The first-order valence-corrected chi connectivity index (χ1v) is 9.79. The minimum Gasteiger partial charge on any atom is -0.381 e. The minimum absolute atomic E-state index is 0.0108. The van der Waals surface area contributed by atoms with Crippen molar-refractivity contribution in [2.75, 3.05) is 31.6 Å². The van der Waals surface area contributed by atoms with Gasteiger partial charge in [-0.15, -0.1) is 0 Å². The quantitative estimate of drug-likeness (QED) is 0.848. The maximum Gasteiger partial charge on any atom is 0.231 e. The summed E-state index contributed by atoms with van der Waals surface area (Å²) in [5, 5.41) is 7.41. The summed E-state index contributed by atoms with van der Waals surface area (Å²) in [5.74, 6) is 0.748. The lowest BCUT2D eigenvalue weighted by Crippen LogP contribution is -2.40. The van der Waals surface area contributed by atoms with Gasteiger partial charge in [-0.25, -0.2) is 4.68 Å². The molecule has 0 radical (unpaired) electrons. The Hall–Kier alpha value is -2.74. The van der Waals surface area contributed by atoms with Gasteiger partial charge in [0.25, 0.3) is 0 Å². The van der Waals surface area contributed by atoms with Gasteiger partial charge in [0.15, 0.2) is 0 Å². The zero-order valence-electron chi connectivity index (χ0n) is 15.8. The molecule has 2 saturated heterocycles. The SMILES string of the molecule is O=C(Nc1ccnn1C1CCN(C(=O)Cc2cccnc2)CC1)[C@@H]1CCOC1. The van der Waals surface area contributed by atoms with E-state index in [0.29, 0.717) is 32.7 Å². The van der Waals surface area contributed by atoms with Crippen LogP contribution >= 0.6 is 0 Å². The highest BCUT2D eigenvalue weighted by Gasteiger charge is 2.28. The van der Waals surface area contributed by atoms with Gasteiger partial charge in [0.2, 0.25) is 11.8 Å². The molecule has 1 N–H and O–H groups in total. The number of piperidine rings is 1. The first kappa shape index (κ1) is 18.6. The van der Waals surface area contributed by atoms with Gasteiger partial charge in [0.05, 0.1) is 31.2 Å². The van der Waals surface area contributed by atoms with Gasteiger partial charge in [-0.2, -0.15) is 5.10 Å². The van der Waals surface area contributed by atoms with Crippen LogP contribution in [0.25, 0.3) is 0 Å². The van der Waals surface area contributed by atoms with Crippen LogP contribution in [0.2, 0.25) is 0 Å². The molecule has 2 amide bonds. The fraction of sp³-hybridized carbons (Fsp3) is 0.500. The van der Waals surface area contributed by atoms with Crippen molar-refractivity contribution in [2.24, 2.45) is 5.92 Å². The number of carbonyl (C=O) groups excluding carboxylic acids is 2. The normalized spacial score (nSPS) is 20.3. The van der Waals surface area contributed by atoms with Gasteiger partial charge in [-0.1, -0.05) is 6.07 Å². The molecular formula is C20H25N5O3. The molecule has 4 heterocycles. The number of pyridine rings is 1. The fourth-order valence-electron chi connectivity index (χ4n) is 3.82. The van der Waals surface area contributed by atoms with Crippen LogP contribution in [0.15, 0.2) is 36.8 Å². The lowest BCUT2D eigenvalue weighted by molar-refractivity contribution is -0.131. The summed E-state index contributed by atoms with van der Waals surface area (Å²) in [6.45, 7) is 2.50. The summed E-state index contributed by atoms with van der Waals surface area (Å²) in [6, 6.07) is 5.77. The second kappa shape index (κ2) is 8.52. The van der Waals surface area contributed by atoms with E-state index in [1.165, 1.54) is 0 Å². The molecule has 0 saturated carbocycles. The molecule has 8 heteroatoms. The Morgan fingerprint density at radius 3 is 2.75 bits per heavy atom. The van der Waals surface area contributed by atoms with E-state index in [0.717, 1.165) is 30.6 Å². The predicted octanol–water partition coefficient (Wildman–Crippen LogP) is 1.66. The van der Waals surface area contributed by atoms with Gasteiger partial charge >= 0.3 is 0 Å². The number of anilines is 1. The number of amides is 2. The van der Waals surface area contributed by atoms with Gasteiger partial charge in [-0.05, 0) is 30.9 Å². The molecule has 2 fully saturated rings. The van der Waals surface area contributed by atoms with Crippen LogP contribution in [0.5, 0.6) is 0 Å². The number of carbonyl (C=O) groups is 2. The molecule has 0 aliphatic carbocycles. The van der Waals surface area contributed by atoms with Crippen LogP contribution in [-0.4, -0.2) is 57.8 Å². The number of ether oxygens (including phenoxy) is 1. The third-order valence-electron chi connectivity index (χ3n) is 5.46. The molecule has 8 nitrogen and oxygen atoms in total. The van der Waals surface area contributed by atoms with Gasteiger partial charge in [0.1, 0.15) is 5.82 Å². The Balaban J connectivity index is 1.32. The van der Waals surface area contributed by atoms with E-state index >= 15 is 0 Å². The summed E-state index contributed by atoms with van der Waals surface area (Å²) in [6.07, 6.45) is 7.92. The van der Waals surface area contributed by atoms with Crippen LogP contribution in [0, 0.1) is 5.92 Å². The Bertz CT molecular complexity index is 808. The first-order valence-electron chi connectivity index (χ1n) is 9.79. The van der Waals surface area contributed by atoms with Crippen LogP contribution in [0.3, 0.4) is 0 Å². The summed E-state index contributed by atoms with van der Waals surface area (Å²) in [4.78, 5) is 30.9. The summed E-state index contributed by atoms with van der Waals surface area (Å²) in [5.41, 5.74) is 0.933. The predicted molar refractivity (Wildman–Crippen MR) is 103 cm³/mol. The monoisotopic (exact) mass is 383 g/mol. The summed E-state index contributed by atoms with van der Waals surface area (Å²) in [7, 11) is 0. The van der Waals surface area contributed by atoms with Crippen molar-refractivity contribution in [3.8, 4) is 0 Å². The first-order chi connectivity index (χ1) is 13.7. The number of nitrogens with zero attached hydrogens (tertiary/aromatic N) is 4. The van der Waals surface area contributed by atoms with Crippen molar-refractivity contribution < 1.29 is 14.3 Å². The molecule has 0 aromatic carbocycles. The van der Waals surface area contributed by atoms with Gasteiger partial charge in [0, 0.05) is 38.2 Å². The largest absolute Gasteiger partial charge is 0.381 e. The molecule has 4 rings (SSSR count). The van der Waals surface area contributed by atoms with Crippen LogP contribution in [0.1, 0.15) is 30.9 Å². The lowest BCUT2D eigenvalue weighted by Gasteiger charge is -2.33. The third kappa shape index (κ3) is 4.22. The van der Waals surface area contributed by atoms with Crippen molar-refractivity contribution in [2.45, 2.75) is 31.7 Å². The van der Waals surface area contributed by atoms with Crippen molar-refractivity contribution in [3.05, 3.63) is 42.4 Å². The Morgan fingerprint density at radius 2 is 2.04 bits per heavy atom. The molecule has 2 aliphatic rings. The molecule has 148 valence electrons. The molecule has 2 aromatic heterocycles. The van der Waals surface area contributed by atoms with E-state index in [1.807, 2.05) is 27.8 Å². The molecule has 2 aromatic rings. The lowest BCUT2D eigenvalue weighted by atomic mass is 10.0. The Labute approximate surface area is 163 Å². The Morgan fingerprint density at radius 1 is 1.18 bits per heavy atom. The maximum atomic E-state index is 12.5. The Kier molecular flexibility index (Phi) is 5.66. The number of likely N-dealkylation sites (tertiary alicyclic amines) is 1. The second-order valence-corrected chi connectivity index (χ2v) is 7.36. The van der Waals surface area contributed by atoms with E-state index in [2.05, 4.69) is 15.4 Å². The van der Waals surface area contributed by atoms with E-state index in [4.69, 9.17) is 4.74 Å². The average molecular weight is 383 g/mol. The standard InChI is InChI=1S/C20H25N5O3/c26-19(12-15-2-1-7-21-13-15)24-9-4-17(5-10-24)25-18(3-8-22-25)23-20(27)16-6-11-28-14-16/h1-3,7-8,13,16-17H,4-6,9-12,14H2,(H,23,27)/t16-/m1/s1. The zero-order valence-corrected chi connectivity index (χ0v) is 15.8. The second-order valence-electron chi connectivity index (χ2n) is 7.36. The number of hydrogen-bond acceptors (Lipinski definition) is 5. The van der Waals surface area contributed by atoms with Crippen molar-refractivity contribution in [1.29, 1.82) is 0 Å². The minimum atomic E-state index is -0.0877.